The fourth-order valence-electron chi connectivity index (χ4n) is 2.90. The van der Waals surface area contributed by atoms with Gasteiger partial charge in [-0.05, 0) is 48.1 Å². The number of carbonyl (C=O) groups excluding carboxylic acids is 1. The van der Waals surface area contributed by atoms with Crippen molar-refractivity contribution < 1.29 is 9.53 Å². The van der Waals surface area contributed by atoms with Crippen LogP contribution in [-0.4, -0.2) is 36.6 Å². The zero-order chi connectivity index (χ0) is 14.0. The summed E-state index contributed by atoms with van der Waals surface area (Å²) in [6.07, 6.45) is 3.78. The smallest absolute Gasteiger partial charge is 0.230 e. The molecular formula is C15H22N2O2S. The Hall–Kier alpha value is -0.910. The van der Waals surface area contributed by atoms with Gasteiger partial charge in [-0.1, -0.05) is 0 Å². The maximum Gasteiger partial charge on any atom is 0.230 e. The lowest BCUT2D eigenvalue weighted by molar-refractivity contribution is -0.148. The number of hydrogen-bond acceptors (Lipinski definition) is 4. The van der Waals surface area contributed by atoms with Crippen LogP contribution in [0.1, 0.15) is 31.2 Å². The summed E-state index contributed by atoms with van der Waals surface area (Å²) in [5, 5.41) is 4.19. The molecule has 5 heteroatoms. The van der Waals surface area contributed by atoms with Gasteiger partial charge in [-0.15, -0.1) is 0 Å². The Morgan fingerprint density at radius 3 is 2.75 bits per heavy atom. The second-order valence-electron chi connectivity index (χ2n) is 5.89. The number of nitrogens with zero attached hydrogens (tertiary/aromatic N) is 1. The number of hydrogen-bond donors (Lipinski definition) is 1. The van der Waals surface area contributed by atoms with E-state index in [0.717, 1.165) is 32.2 Å². The van der Waals surface area contributed by atoms with Crippen LogP contribution in [0.25, 0.3) is 0 Å². The van der Waals surface area contributed by atoms with Gasteiger partial charge in [0.1, 0.15) is 0 Å². The molecule has 1 saturated heterocycles. The van der Waals surface area contributed by atoms with Gasteiger partial charge in [-0.2, -0.15) is 11.3 Å². The first-order valence-electron chi connectivity index (χ1n) is 7.35. The fourth-order valence-corrected chi connectivity index (χ4v) is 3.56. The lowest BCUT2D eigenvalue weighted by atomic mass is 9.78. The Kier molecular flexibility index (Phi) is 4.10. The summed E-state index contributed by atoms with van der Waals surface area (Å²) in [4.78, 5) is 15.1. The van der Waals surface area contributed by atoms with Crippen LogP contribution in [0.4, 0.5) is 0 Å². The summed E-state index contributed by atoms with van der Waals surface area (Å²) in [6, 6.07) is 2.53. The largest absolute Gasteiger partial charge is 0.381 e. The standard InChI is InChI=1S/C15H22N2O2S/c16-11-15(4-6-19-7-5-15)14(18)17(13-1-2-13)9-12-3-8-20-10-12/h3,8,10,13H,1-2,4-7,9,11,16H2. The highest BCUT2D eigenvalue weighted by molar-refractivity contribution is 7.07. The third kappa shape index (κ3) is 2.75. The second-order valence-corrected chi connectivity index (χ2v) is 6.67. The average Bonchev–Trinajstić information content (AvgIpc) is 3.21. The maximum atomic E-state index is 13.1. The molecule has 0 aromatic carbocycles. The van der Waals surface area contributed by atoms with E-state index < -0.39 is 5.41 Å². The predicted molar refractivity (Wildman–Crippen MR) is 79.4 cm³/mol. The van der Waals surface area contributed by atoms with E-state index in [1.54, 1.807) is 11.3 Å². The monoisotopic (exact) mass is 294 g/mol. The summed E-state index contributed by atoms with van der Waals surface area (Å²) in [5.41, 5.74) is 6.81. The van der Waals surface area contributed by atoms with Crippen LogP contribution in [0.3, 0.4) is 0 Å². The Morgan fingerprint density at radius 1 is 1.45 bits per heavy atom. The van der Waals surface area contributed by atoms with Gasteiger partial charge >= 0.3 is 0 Å². The Bertz CT molecular complexity index is 450. The summed E-state index contributed by atoms with van der Waals surface area (Å²) >= 11 is 1.68. The number of rotatable bonds is 5. The Labute approximate surface area is 123 Å². The van der Waals surface area contributed by atoms with Crippen LogP contribution in [-0.2, 0) is 16.1 Å². The van der Waals surface area contributed by atoms with Crippen LogP contribution in [0.15, 0.2) is 16.8 Å². The molecule has 0 unspecified atom stereocenters. The van der Waals surface area contributed by atoms with E-state index in [1.165, 1.54) is 5.56 Å². The minimum absolute atomic E-state index is 0.247. The molecule has 0 atom stereocenters. The van der Waals surface area contributed by atoms with Gasteiger partial charge < -0.3 is 15.4 Å². The SMILES string of the molecule is NCC1(C(=O)N(Cc2ccsc2)C2CC2)CCOCC1. The molecule has 0 bridgehead atoms. The van der Waals surface area contributed by atoms with Crippen molar-refractivity contribution in [1.29, 1.82) is 0 Å². The lowest BCUT2D eigenvalue weighted by Crippen LogP contribution is -2.51. The van der Waals surface area contributed by atoms with Crippen molar-refractivity contribution in [2.24, 2.45) is 11.1 Å². The minimum atomic E-state index is -0.392. The molecule has 0 radical (unpaired) electrons. The second kappa shape index (κ2) is 5.84. The van der Waals surface area contributed by atoms with Crippen molar-refractivity contribution in [1.82, 2.24) is 4.90 Å². The summed E-state index contributed by atoms with van der Waals surface area (Å²) < 4.78 is 5.41. The molecule has 2 N–H and O–H groups in total. The molecule has 110 valence electrons. The van der Waals surface area contributed by atoms with Crippen LogP contribution in [0, 0.1) is 5.41 Å². The number of amides is 1. The average molecular weight is 294 g/mol. The highest BCUT2D eigenvalue weighted by Crippen LogP contribution is 2.37. The van der Waals surface area contributed by atoms with Gasteiger partial charge in [0.05, 0.1) is 5.41 Å². The molecule has 1 saturated carbocycles. The van der Waals surface area contributed by atoms with Gasteiger partial charge in [0.15, 0.2) is 0 Å². The summed E-state index contributed by atoms with van der Waals surface area (Å²) in [5.74, 6) is 0.247. The third-order valence-electron chi connectivity index (χ3n) is 4.48. The van der Waals surface area contributed by atoms with Crippen LogP contribution < -0.4 is 5.73 Å². The van der Waals surface area contributed by atoms with E-state index in [-0.39, 0.29) is 5.91 Å². The van der Waals surface area contributed by atoms with Gasteiger partial charge in [0.2, 0.25) is 5.91 Å². The van der Waals surface area contributed by atoms with Crippen molar-refractivity contribution in [2.45, 2.75) is 38.3 Å². The summed E-state index contributed by atoms with van der Waals surface area (Å²) in [7, 11) is 0. The molecule has 1 aliphatic heterocycles. The molecule has 1 amide bonds. The number of thiophene rings is 1. The van der Waals surface area contributed by atoms with Gasteiger partial charge in [0, 0.05) is 32.3 Å². The number of ether oxygens (including phenoxy) is 1. The topological polar surface area (TPSA) is 55.6 Å². The normalized spacial score (nSPS) is 21.6. The van der Waals surface area contributed by atoms with Gasteiger partial charge in [0.25, 0.3) is 0 Å². The molecule has 0 spiro atoms. The molecule has 2 heterocycles. The molecule has 4 nitrogen and oxygen atoms in total. The van der Waals surface area contributed by atoms with E-state index in [1.807, 2.05) is 0 Å². The molecule has 2 fully saturated rings. The molecule has 20 heavy (non-hydrogen) atoms. The molecular weight excluding hydrogens is 272 g/mol. The van der Waals surface area contributed by atoms with Gasteiger partial charge in [-0.3, -0.25) is 4.79 Å². The molecule has 1 aromatic rings. The fraction of sp³-hybridized carbons (Fsp3) is 0.667. The Morgan fingerprint density at radius 2 is 2.20 bits per heavy atom. The first-order valence-corrected chi connectivity index (χ1v) is 8.29. The van der Waals surface area contributed by atoms with Crippen molar-refractivity contribution >= 4 is 17.2 Å². The van der Waals surface area contributed by atoms with E-state index in [4.69, 9.17) is 10.5 Å². The highest BCUT2D eigenvalue weighted by Gasteiger charge is 2.45. The first kappa shape index (κ1) is 14.0. The first-order chi connectivity index (χ1) is 9.75. The van der Waals surface area contributed by atoms with Crippen LogP contribution in [0.5, 0.6) is 0 Å². The lowest BCUT2D eigenvalue weighted by Gasteiger charge is -2.39. The van der Waals surface area contributed by atoms with Gasteiger partial charge in [-0.25, -0.2) is 0 Å². The number of nitrogens with two attached hydrogens (primary N) is 1. The van der Waals surface area contributed by atoms with Crippen LogP contribution >= 0.6 is 11.3 Å². The van der Waals surface area contributed by atoms with Crippen molar-refractivity contribution in [3.63, 3.8) is 0 Å². The zero-order valence-corrected chi connectivity index (χ0v) is 12.5. The van der Waals surface area contributed by atoms with E-state index in [9.17, 15) is 4.79 Å². The molecule has 1 aromatic heterocycles. The zero-order valence-electron chi connectivity index (χ0n) is 11.7. The third-order valence-corrected chi connectivity index (χ3v) is 5.21. The summed E-state index contributed by atoms with van der Waals surface area (Å²) in [6.45, 7) is 2.47. The minimum Gasteiger partial charge on any atom is -0.381 e. The quantitative estimate of drug-likeness (QED) is 0.903. The molecule has 3 rings (SSSR count). The number of carbonyl (C=O) groups is 1. The predicted octanol–water partition coefficient (Wildman–Crippen LogP) is 1.99. The van der Waals surface area contributed by atoms with Crippen molar-refractivity contribution in [2.75, 3.05) is 19.8 Å². The molecule has 1 aliphatic carbocycles. The maximum absolute atomic E-state index is 13.1. The van der Waals surface area contributed by atoms with E-state index in [0.29, 0.717) is 25.8 Å². The highest BCUT2D eigenvalue weighted by atomic mass is 32.1. The van der Waals surface area contributed by atoms with Crippen molar-refractivity contribution in [3.8, 4) is 0 Å². The van der Waals surface area contributed by atoms with E-state index in [2.05, 4.69) is 21.7 Å². The van der Waals surface area contributed by atoms with Crippen LogP contribution in [0.2, 0.25) is 0 Å². The van der Waals surface area contributed by atoms with E-state index >= 15 is 0 Å². The van der Waals surface area contributed by atoms with Crippen molar-refractivity contribution in [3.05, 3.63) is 22.4 Å². The molecule has 2 aliphatic rings. The Balaban J connectivity index is 1.77.